The van der Waals surface area contributed by atoms with Gasteiger partial charge in [0.25, 0.3) is 5.91 Å². The van der Waals surface area contributed by atoms with Crippen molar-refractivity contribution in [3.8, 4) is 0 Å². The average Bonchev–Trinajstić information content (AvgIpc) is 3.05. The molecule has 0 aromatic carbocycles. The largest absolute Gasteiger partial charge is 0.363 e. The quantitative estimate of drug-likeness (QED) is 0.748. The summed E-state index contributed by atoms with van der Waals surface area (Å²) < 4.78 is 1.97. The van der Waals surface area contributed by atoms with E-state index in [0.29, 0.717) is 16.7 Å². The number of aryl methyl sites for hydroxylation is 1. The lowest BCUT2D eigenvalue weighted by Crippen LogP contribution is -2.25. The van der Waals surface area contributed by atoms with Crippen molar-refractivity contribution in [2.75, 3.05) is 18.9 Å². The van der Waals surface area contributed by atoms with E-state index in [2.05, 4.69) is 25.8 Å². The number of rotatable bonds is 6. The molecule has 0 radical (unpaired) electrons. The second-order valence-electron chi connectivity index (χ2n) is 3.57. The van der Waals surface area contributed by atoms with Crippen LogP contribution >= 0.6 is 11.3 Å². The minimum absolute atomic E-state index is 0.181. The highest BCUT2D eigenvalue weighted by Gasteiger charge is 2.11. The normalized spacial score (nSPS) is 10.3. The Morgan fingerprint density at radius 1 is 1.50 bits per heavy atom. The van der Waals surface area contributed by atoms with Crippen molar-refractivity contribution < 1.29 is 4.79 Å². The Bertz CT molecular complexity index is 494. The first-order valence-corrected chi connectivity index (χ1v) is 6.36. The van der Waals surface area contributed by atoms with Crippen molar-refractivity contribution in [2.24, 2.45) is 0 Å². The van der Waals surface area contributed by atoms with Crippen LogP contribution in [-0.2, 0) is 6.54 Å². The standard InChI is InChI=1S/C10H14N6OS/c1-11-10-15-14-9(18-10)8(17)13-3-2-5-16-6-4-12-7-16/h4,6-7H,2-3,5H2,1H3,(H,11,15)(H,13,17). The number of nitrogens with one attached hydrogen (secondary N) is 2. The number of hydrogen-bond donors (Lipinski definition) is 2. The van der Waals surface area contributed by atoms with Crippen LogP contribution in [0.2, 0.25) is 0 Å². The summed E-state index contributed by atoms with van der Waals surface area (Å²) in [5.74, 6) is -0.181. The first-order valence-electron chi connectivity index (χ1n) is 5.55. The molecule has 0 aliphatic heterocycles. The third kappa shape index (κ3) is 3.27. The molecule has 2 aromatic heterocycles. The number of carbonyl (C=O) groups is 1. The van der Waals surface area contributed by atoms with Crippen molar-refractivity contribution in [1.82, 2.24) is 25.1 Å². The fourth-order valence-electron chi connectivity index (χ4n) is 1.37. The van der Waals surface area contributed by atoms with E-state index in [4.69, 9.17) is 0 Å². The third-order valence-electron chi connectivity index (χ3n) is 2.27. The fraction of sp³-hybridized carbons (Fsp3) is 0.400. The smallest absolute Gasteiger partial charge is 0.282 e. The molecule has 7 nitrogen and oxygen atoms in total. The van der Waals surface area contributed by atoms with Crippen molar-refractivity contribution in [3.63, 3.8) is 0 Å². The fourth-order valence-corrected chi connectivity index (χ4v) is 1.99. The first kappa shape index (κ1) is 12.5. The summed E-state index contributed by atoms with van der Waals surface area (Å²) >= 11 is 1.24. The van der Waals surface area contributed by atoms with E-state index >= 15 is 0 Å². The first-order chi connectivity index (χ1) is 8.79. The summed E-state index contributed by atoms with van der Waals surface area (Å²) in [5, 5.41) is 14.3. The van der Waals surface area contributed by atoms with E-state index in [1.165, 1.54) is 11.3 Å². The van der Waals surface area contributed by atoms with E-state index in [9.17, 15) is 4.79 Å². The highest BCUT2D eigenvalue weighted by molar-refractivity contribution is 7.17. The van der Waals surface area contributed by atoms with Gasteiger partial charge in [0.15, 0.2) is 0 Å². The van der Waals surface area contributed by atoms with Crippen LogP contribution in [-0.4, -0.2) is 39.2 Å². The second kappa shape index (κ2) is 6.10. The van der Waals surface area contributed by atoms with Gasteiger partial charge in [-0.15, -0.1) is 10.2 Å². The van der Waals surface area contributed by atoms with Gasteiger partial charge in [-0.2, -0.15) is 0 Å². The van der Waals surface area contributed by atoms with Crippen LogP contribution in [0.1, 0.15) is 16.2 Å². The van der Waals surface area contributed by atoms with E-state index in [1.807, 2.05) is 10.8 Å². The van der Waals surface area contributed by atoms with Gasteiger partial charge < -0.3 is 15.2 Å². The van der Waals surface area contributed by atoms with E-state index in [-0.39, 0.29) is 5.91 Å². The predicted octanol–water partition coefficient (Wildman–Crippen LogP) is 0.596. The Hall–Kier alpha value is -1.96. The van der Waals surface area contributed by atoms with Crippen LogP contribution in [0.5, 0.6) is 0 Å². The van der Waals surface area contributed by atoms with E-state index < -0.39 is 0 Å². The highest BCUT2D eigenvalue weighted by atomic mass is 32.1. The summed E-state index contributed by atoms with van der Waals surface area (Å²) in [6, 6.07) is 0. The van der Waals surface area contributed by atoms with Gasteiger partial charge in [-0.1, -0.05) is 11.3 Å². The molecule has 0 saturated carbocycles. The highest BCUT2D eigenvalue weighted by Crippen LogP contribution is 2.13. The minimum atomic E-state index is -0.181. The van der Waals surface area contributed by atoms with Gasteiger partial charge in [0.1, 0.15) is 0 Å². The molecule has 2 aromatic rings. The summed E-state index contributed by atoms with van der Waals surface area (Å²) in [7, 11) is 1.74. The zero-order chi connectivity index (χ0) is 12.8. The van der Waals surface area contributed by atoms with Gasteiger partial charge in [-0.05, 0) is 6.42 Å². The molecule has 0 spiro atoms. The van der Waals surface area contributed by atoms with Gasteiger partial charge in [-0.3, -0.25) is 4.79 Å². The van der Waals surface area contributed by atoms with Gasteiger partial charge in [0.2, 0.25) is 10.1 Å². The number of nitrogens with zero attached hydrogens (tertiary/aromatic N) is 4. The average molecular weight is 266 g/mol. The molecule has 0 aliphatic carbocycles. The van der Waals surface area contributed by atoms with Crippen LogP contribution in [0.3, 0.4) is 0 Å². The molecule has 0 aliphatic rings. The molecule has 2 rings (SSSR count). The lowest BCUT2D eigenvalue weighted by molar-refractivity contribution is 0.0951. The molecular weight excluding hydrogens is 252 g/mol. The van der Waals surface area contributed by atoms with Crippen LogP contribution in [0.4, 0.5) is 5.13 Å². The Morgan fingerprint density at radius 2 is 2.39 bits per heavy atom. The molecule has 0 bridgehead atoms. The molecule has 0 unspecified atom stereocenters. The van der Waals surface area contributed by atoms with Crippen LogP contribution < -0.4 is 10.6 Å². The minimum Gasteiger partial charge on any atom is -0.363 e. The van der Waals surface area contributed by atoms with E-state index in [1.54, 1.807) is 19.6 Å². The maximum atomic E-state index is 11.7. The maximum absolute atomic E-state index is 11.7. The summed E-state index contributed by atoms with van der Waals surface area (Å²) in [6.07, 6.45) is 6.23. The van der Waals surface area contributed by atoms with Crippen LogP contribution in [0.25, 0.3) is 0 Å². The number of anilines is 1. The number of amides is 1. The maximum Gasteiger partial charge on any atom is 0.282 e. The lowest BCUT2D eigenvalue weighted by atomic mass is 10.4. The number of carbonyl (C=O) groups excluding carboxylic acids is 1. The SMILES string of the molecule is CNc1nnc(C(=O)NCCCn2ccnc2)s1. The molecule has 2 heterocycles. The van der Waals surface area contributed by atoms with Crippen molar-refractivity contribution in [1.29, 1.82) is 0 Å². The topological polar surface area (TPSA) is 84.7 Å². The molecule has 0 saturated heterocycles. The summed E-state index contributed by atoms with van der Waals surface area (Å²) in [5.41, 5.74) is 0. The van der Waals surface area contributed by atoms with Crippen LogP contribution in [0, 0.1) is 0 Å². The molecule has 18 heavy (non-hydrogen) atoms. The Labute approximate surface area is 108 Å². The Balaban J connectivity index is 1.71. The van der Waals surface area contributed by atoms with Gasteiger partial charge in [0, 0.05) is 32.5 Å². The molecular formula is C10H14N6OS. The predicted molar refractivity (Wildman–Crippen MR) is 68.6 cm³/mol. The molecule has 0 fully saturated rings. The van der Waals surface area contributed by atoms with Gasteiger partial charge in [0.05, 0.1) is 6.33 Å². The van der Waals surface area contributed by atoms with Gasteiger partial charge >= 0.3 is 0 Å². The molecule has 0 atom stereocenters. The van der Waals surface area contributed by atoms with E-state index in [0.717, 1.165) is 13.0 Å². The number of aromatic nitrogens is 4. The third-order valence-corrected chi connectivity index (χ3v) is 3.21. The molecule has 8 heteroatoms. The second-order valence-corrected chi connectivity index (χ2v) is 4.55. The molecule has 96 valence electrons. The van der Waals surface area contributed by atoms with Crippen molar-refractivity contribution >= 4 is 22.4 Å². The van der Waals surface area contributed by atoms with Crippen LogP contribution in [0.15, 0.2) is 18.7 Å². The monoisotopic (exact) mass is 266 g/mol. The summed E-state index contributed by atoms with van der Waals surface area (Å²) in [6.45, 7) is 1.43. The van der Waals surface area contributed by atoms with Crippen molar-refractivity contribution in [2.45, 2.75) is 13.0 Å². The zero-order valence-electron chi connectivity index (χ0n) is 9.96. The Morgan fingerprint density at radius 3 is 3.06 bits per heavy atom. The van der Waals surface area contributed by atoms with Crippen molar-refractivity contribution in [3.05, 3.63) is 23.7 Å². The number of imidazole rings is 1. The molecule has 1 amide bonds. The summed E-state index contributed by atoms with van der Waals surface area (Å²) in [4.78, 5) is 15.6. The number of hydrogen-bond acceptors (Lipinski definition) is 6. The zero-order valence-corrected chi connectivity index (χ0v) is 10.8. The van der Waals surface area contributed by atoms with Gasteiger partial charge in [-0.25, -0.2) is 4.98 Å². The lowest BCUT2D eigenvalue weighted by Gasteiger charge is -2.03. The Kier molecular flexibility index (Phi) is 4.24. The molecule has 2 N–H and O–H groups in total.